The number of carbonyl (C=O) groups is 1. The average Bonchev–Trinajstić information content (AvgIpc) is 2.73. The third-order valence-corrected chi connectivity index (χ3v) is 7.03. The molecule has 0 aromatic carbocycles. The molecule has 2 aliphatic carbocycles. The van der Waals surface area contributed by atoms with E-state index in [1.165, 1.54) is 0 Å². The summed E-state index contributed by atoms with van der Waals surface area (Å²) in [5, 5.41) is 19.4. The van der Waals surface area contributed by atoms with Crippen LogP contribution in [0.15, 0.2) is 0 Å². The second kappa shape index (κ2) is 6.27. The number of carbonyl (C=O) groups excluding carboxylic acids is 1. The van der Waals surface area contributed by atoms with Gasteiger partial charge in [0.1, 0.15) is 6.17 Å². The summed E-state index contributed by atoms with van der Waals surface area (Å²) in [4.78, 5) is 11.4. The molecule has 0 radical (unpaired) electrons. The molecule has 7 nitrogen and oxygen atoms in total. The zero-order valence-corrected chi connectivity index (χ0v) is 13.6. The molecule has 1 aliphatic heterocycles. The van der Waals surface area contributed by atoms with Crippen molar-refractivity contribution in [2.75, 3.05) is 13.2 Å². The Hall–Kier alpha value is -0.770. The maximum absolute atomic E-state index is 15.1. The minimum atomic E-state index is -4.07. The van der Waals surface area contributed by atoms with Crippen LogP contribution in [0.1, 0.15) is 32.1 Å². The summed E-state index contributed by atoms with van der Waals surface area (Å²) in [6.07, 6.45) is 0.616. The molecule has 3 N–H and O–H groups in total. The topological polar surface area (TPSA) is 107 Å². The fraction of sp³-hybridized carbons (Fsp3) is 0.929. The van der Waals surface area contributed by atoms with Crippen LogP contribution in [0, 0.1) is 17.8 Å². The standard InChI is InChI=1S/C14H23FN2O5S/c15-13-10-5-8(3-4-18)1-2-9(10)6-11(19)14(13)17-7-12(20)16-23(17,21)22/h8-11,13-14,18-19H,1-7H2,(H,16,20). The van der Waals surface area contributed by atoms with Crippen molar-refractivity contribution in [3.63, 3.8) is 0 Å². The Morgan fingerprint density at radius 3 is 2.65 bits per heavy atom. The summed E-state index contributed by atoms with van der Waals surface area (Å²) in [7, 11) is -4.07. The minimum Gasteiger partial charge on any atom is -0.396 e. The third-order valence-electron chi connectivity index (χ3n) is 5.55. The number of aliphatic hydroxyl groups is 2. The summed E-state index contributed by atoms with van der Waals surface area (Å²) < 4.78 is 41.7. The predicted molar refractivity (Wildman–Crippen MR) is 79.1 cm³/mol. The quantitative estimate of drug-likeness (QED) is 0.639. The van der Waals surface area contributed by atoms with E-state index in [-0.39, 0.29) is 24.4 Å². The number of hydrogen-bond acceptors (Lipinski definition) is 5. The van der Waals surface area contributed by atoms with E-state index in [4.69, 9.17) is 5.11 Å². The molecule has 6 unspecified atom stereocenters. The van der Waals surface area contributed by atoms with Crippen LogP contribution in [0.5, 0.6) is 0 Å². The maximum Gasteiger partial charge on any atom is 0.304 e. The van der Waals surface area contributed by atoms with Gasteiger partial charge in [0, 0.05) is 6.61 Å². The zero-order valence-electron chi connectivity index (χ0n) is 12.8. The van der Waals surface area contributed by atoms with E-state index in [0.717, 1.165) is 17.1 Å². The van der Waals surface area contributed by atoms with Gasteiger partial charge >= 0.3 is 10.2 Å². The van der Waals surface area contributed by atoms with E-state index < -0.39 is 41.0 Å². The van der Waals surface area contributed by atoms with Gasteiger partial charge < -0.3 is 10.2 Å². The van der Waals surface area contributed by atoms with Crippen molar-refractivity contribution < 1.29 is 27.8 Å². The highest BCUT2D eigenvalue weighted by Crippen LogP contribution is 2.46. The van der Waals surface area contributed by atoms with Crippen LogP contribution < -0.4 is 4.72 Å². The van der Waals surface area contributed by atoms with Crippen LogP contribution in [0.3, 0.4) is 0 Å². The summed E-state index contributed by atoms with van der Waals surface area (Å²) in [5.74, 6) is -0.779. The van der Waals surface area contributed by atoms with Gasteiger partial charge in [0.05, 0.1) is 18.7 Å². The zero-order chi connectivity index (χ0) is 16.8. The van der Waals surface area contributed by atoms with E-state index in [1.54, 1.807) is 0 Å². The highest BCUT2D eigenvalue weighted by Gasteiger charge is 2.53. The van der Waals surface area contributed by atoms with Gasteiger partial charge in [-0.1, -0.05) is 6.42 Å². The molecule has 0 spiro atoms. The van der Waals surface area contributed by atoms with E-state index in [0.29, 0.717) is 19.3 Å². The van der Waals surface area contributed by atoms with Crippen LogP contribution in [-0.2, 0) is 15.0 Å². The molecule has 23 heavy (non-hydrogen) atoms. The fourth-order valence-electron chi connectivity index (χ4n) is 4.48. The van der Waals surface area contributed by atoms with Crippen LogP contribution in [0.25, 0.3) is 0 Å². The Labute approximate surface area is 135 Å². The van der Waals surface area contributed by atoms with Gasteiger partial charge in [0.25, 0.3) is 0 Å². The summed E-state index contributed by atoms with van der Waals surface area (Å²) in [5.41, 5.74) is 0. The minimum absolute atomic E-state index is 0.0279. The van der Waals surface area contributed by atoms with Crippen molar-refractivity contribution in [1.29, 1.82) is 0 Å². The number of aliphatic hydroxyl groups excluding tert-OH is 2. The molecule has 3 aliphatic rings. The van der Waals surface area contributed by atoms with Crippen molar-refractivity contribution in [2.45, 2.75) is 50.4 Å². The monoisotopic (exact) mass is 350 g/mol. The van der Waals surface area contributed by atoms with Gasteiger partial charge in [0.2, 0.25) is 5.91 Å². The number of nitrogens with zero attached hydrogens (tertiary/aromatic N) is 1. The van der Waals surface area contributed by atoms with Crippen LogP contribution >= 0.6 is 0 Å². The number of amides is 1. The number of fused-ring (bicyclic) bond motifs is 1. The Kier molecular flexibility index (Phi) is 4.65. The van der Waals surface area contributed by atoms with Crippen molar-refractivity contribution in [1.82, 2.24) is 9.03 Å². The van der Waals surface area contributed by atoms with Crippen molar-refractivity contribution in [3.8, 4) is 0 Å². The van der Waals surface area contributed by atoms with Crippen LogP contribution in [0.4, 0.5) is 4.39 Å². The number of nitrogens with one attached hydrogen (secondary N) is 1. The number of halogens is 1. The molecular weight excluding hydrogens is 327 g/mol. The molecule has 6 atom stereocenters. The van der Waals surface area contributed by atoms with Crippen LogP contribution in [-0.4, -0.2) is 60.3 Å². The van der Waals surface area contributed by atoms with Crippen molar-refractivity contribution in [2.24, 2.45) is 17.8 Å². The van der Waals surface area contributed by atoms with Crippen molar-refractivity contribution in [3.05, 3.63) is 0 Å². The van der Waals surface area contributed by atoms with Gasteiger partial charge in [-0.25, -0.2) is 9.11 Å². The molecule has 0 aromatic heterocycles. The molecular formula is C14H23FN2O5S. The smallest absolute Gasteiger partial charge is 0.304 e. The Bertz CT molecular complexity index is 572. The summed E-state index contributed by atoms with van der Waals surface area (Å²) in [6.45, 7) is -0.383. The molecule has 9 heteroatoms. The second-order valence-corrected chi connectivity index (χ2v) is 8.55. The largest absolute Gasteiger partial charge is 0.396 e. The predicted octanol–water partition coefficient (Wildman–Crippen LogP) is -0.451. The SMILES string of the molecule is O=C1CN(C2C(O)CC3CCC(CCO)CC3C2F)S(=O)(=O)N1. The second-order valence-electron chi connectivity index (χ2n) is 6.93. The lowest BCUT2D eigenvalue weighted by Gasteiger charge is -2.47. The van der Waals surface area contributed by atoms with E-state index in [1.807, 2.05) is 4.72 Å². The lowest BCUT2D eigenvalue weighted by Crippen LogP contribution is -2.58. The first-order valence-corrected chi connectivity index (χ1v) is 9.53. The Morgan fingerprint density at radius 1 is 1.30 bits per heavy atom. The first kappa shape index (κ1) is 17.1. The van der Waals surface area contributed by atoms with Crippen LogP contribution in [0.2, 0.25) is 0 Å². The molecule has 1 heterocycles. The van der Waals surface area contributed by atoms with E-state index in [2.05, 4.69) is 0 Å². The molecule has 1 saturated heterocycles. The number of alkyl halides is 1. The Balaban J connectivity index is 1.81. The van der Waals surface area contributed by atoms with Gasteiger partial charge in [-0.15, -0.1) is 0 Å². The van der Waals surface area contributed by atoms with E-state index >= 15 is 4.39 Å². The summed E-state index contributed by atoms with van der Waals surface area (Å²) >= 11 is 0. The highest BCUT2D eigenvalue weighted by molar-refractivity contribution is 7.88. The molecule has 0 bridgehead atoms. The molecule has 3 rings (SSSR count). The molecule has 0 aromatic rings. The molecule has 2 saturated carbocycles. The molecule has 3 fully saturated rings. The summed E-state index contributed by atoms with van der Waals surface area (Å²) in [6, 6.07) is -1.21. The normalized spacial score (nSPS) is 43.9. The van der Waals surface area contributed by atoms with E-state index in [9.17, 15) is 18.3 Å². The van der Waals surface area contributed by atoms with Gasteiger partial charge in [-0.3, -0.25) is 4.79 Å². The molecule has 132 valence electrons. The maximum atomic E-state index is 15.1. The number of hydrogen-bond donors (Lipinski definition) is 3. The fourth-order valence-corrected chi connectivity index (χ4v) is 5.81. The van der Waals surface area contributed by atoms with Gasteiger partial charge in [-0.05, 0) is 43.4 Å². The van der Waals surface area contributed by atoms with Gasteiger partial charge in [0.15, 0.2) is 0 Å². The third kappa shape index (κ3) is 3.11. The first-order chi connectivity index (χ1) is 10.8. The Morgan fingerprint density at radius 2 is 2.04 bits per heavy atom. The van der Waals surface area contributed by atoms with Crippen molar-refractivity contribution >= 4 is 16.1 Å². The lowest BCUT2D eigenvalue weighted by molar-refractivity contribution is -0.120. The number of rotatable bonds is 3. The lowest BCUT2D eigenvalue weighted by atomic mass is 9.64. The average molecular weight is 350 g/mol. The van der Waals surface area contributed by atoms with Gasteiger partial charge in [-0.2, -0.15) is 12.7 Å². The first-order valence-electron chi connectivity index (χ1n) is 8.09. The molecule has 1 amide bonds. The highest BCUT2D eigenvalue weighted by atomic mass is 32.2.